The molecule has 0 atom stereocenters. The quantitative estimate of drug-likeness (QED) is 0.840. The molecule has 2 nitrogen and oxygen atoms in total. The van der Waals surface area contributed by atoms with Gasteiger partial charge in [-0.15, -0.1) is 11.3 Å². The van der Waals surface area contributed by atoms with E-state index < -0.39 is 0 Å². The van der Waals surface area contributed by atoms with E-state index in [2.05, 4.69) is 25.8 Å². The molecule has 0 bridgehead atoms. The van der Waals surface area contributed by atoms with Crippen molar-refractivity contribution < 1.29 is 4.39 Å². The molecule has 0 spiro atoms. The summed E-state index contributed by atoms with van der Waals surface area (Å²) in [5, 5.41) is 1.69. The fourth-order valence-electron chi connectivity index (χ4n) is 1.74. The summed E-state index contributed by atoms with van der Waals surface area (Å²) in [5.74, 6) is -0.235. The molecular formula is C14H17FN2S. The molecule has 4 heteroatoms. The lowest BCUT2D eigenvalue weighted by molar-refractivity contribution is 0.586. The molecule has 1 heterocycles. The molecule has 0 aliphatic carbocycles. The molecule has 2 aromatic rings. The second-order valence-corrected chi connectivity index (χ2v) is 6.47. The largest absolute Gasteiger partial charge is 0.389 e. The highest BCUT2D eigenvalue weighted by molar-refractivity contribution is 7.16. The highest BCUT2D eigenvalue weighted by Crippen LogP contribution is 2.37. The van der Waals surface area contributed by atoms with Gasteiger partial charge in [0.2, 0.25) is 0 Å². The fraction of sp³-hybridized carbons (Fsp3) is 0.357. The number of nitrogen functional groups attached to an aromatic ring is 1. The first-order valence-electron chi connectivity index (χ1n) is 5.82. The SMILES string of the molecule is Cc1cc(F)ccc1-c1nc(C(C)(C)C)sc1N. The van der Waals surface area contributed by atoms with E-state index in [9.17, 15) is 4.39 Å². The van der Waals surface area contributed by atoms with Crippen molar-refractivity contribution in [2.45, 2.75) is 33.1 Å². The summed E-state index contributed by atoms with van der Waals surface area (Å²) < 4.78 is 13.1. The Labute approximate surface area is 111 Å². The number of anilines is 1. The first-order chi connectivity index (χ1) is 8.29. The Morgan fingerprint density at radius 3 is 2.44 bits per heavy atom. The zero-order valence-corrected chi connectivity index (χ0v) is 11.9. The van der Waals surface area contributed by atoms with Gasteiger partial charge in [0.1, 0.15) is 21.5 Å². The van der Waals surface area contributed by atoms with E-state index in [0.717, 1.165) is 21.8 Å². The Bertz CT molecular complexity index is 582. The van der Waals surface area contributed by atoms with E-state index in [-0.39, 0.29) is 11.2 Å². The van der Waals surface area contributed by atoms with Crippen molar-refractivity contribution in [1.82, 2.24) is 4.98 Å². The smallest absolute Gasteiger partial charge is 0.123 e. The first-order valence-corrected chi connectivity index (χ1v) is 6.64. The monoisotopic (exact) mass is 264 g/mol. The molecule has 0 radical (unpaired) electrons. The minimum atomic E-state index is -0.235. The first kappa shape index (κ1) is 13.0. The Hall–Kier alpha value is -1.42. The van der Waals surface area contributed by atoms with Crippen molar-refractivity contribution in [2.24, 2.45) is 0 Å². The molecule has 0 aliphatic rings. The van der Waals surface area contributed by atoms with Crippen molar-refractivity contribution in [3.05, 3.63) is 34.6 Å². The van der Waals surface area contributed by atoms with Crippen LogP contribution in [0.5, 0.6) is 0 Å². The maximum atomic E-state index is 13.1. The zero-order chi connectivity index (χ0) is 13.5. The van der Waals surface area contributed by atoms with Crippen LogP contribution in [0.1, 0.15) is 31.3 Å². The van der Waals surface area contributed by atoms with Crippen molar-refractivity contribution >= 4 is 16.3 Å². The number of aryl methyl sites for hydroxylation is 1. The van der Waals surface area contributed by atoms with Gasteiger partial charge in [0.25, 0.3) is 0 Å². The molecule has 0 amide bonds. The lowest BCUT2D eigenvalue weighted by Crippen LogP contribution is -2.10. The summed E-state index contributed by atoms with van der Waals surface area (Å²) in [7, 11) is 0. The van der Waals surface area contributed by atoms with Gasteiger partial charge in [-0.2, -0.15) is 0 Å². The summed E-state index contributed by atoms with van der Waals surface area (Å²) >= 11 is 1.50. The van der Waals surface area contributed by atoms with Gasteiger partial charge in [0, 0.05) is 11.0 Å². The van der Waals surface area contributed by atoms with Crippen LogP contribution in [-0.2, 0) is 5.41 Å². The number of nitrogens with zero attached hydrogens (tertiary/aromatic N) is 1. The molecule has 1 aromatic carbocycles. The van der Waals surface area contributed by atoms with Gasteiger partial charge < -0.3 is 5.73 Å². The summed E-state index contributed by atoms with van der Waals surface area (Å²) in [4.78, 5) is 4.61. The van der Waals surface area contributed by atoms with Gasteiger partial charge in [-0.1, -0.05) is 20.8 Å². The Morgan fingerprint density at radius 2 is 1.94 bits per heavy atom. The van der Waals surface area contributed by atoms with Crippen LogP contribution in [0.4, 0.5) is 9.39 Å². The number of halogens is 1. The molecule has 2 N–H and O–H groups in total. The van der Waals surface area contributed by atoms with Gasteiger partial charge in [-0.05, 0) is 30.7 Å². The van der Waals surface area contributed by atoms with Crippen LogP contribution < -0.4 is 5.73 Å². The minimum Gasteiger partial charge on any atom is -0.389 e. The third-order valence-electron chi connectivity index (χ3n) is 2.74. The maximum absolute atomic E-state index is 13.1. The van der Waals surface area contributed by atoms with E-state index in [1.807, 2.05) is 6.92 Å². The van der Waals surface area contributed by atoms with Gasteiger partial charge >= 0.3 is 0 Å². The number of nitrogens with two attached hydrogens (primary N) is 1. The van der Waals surface area contributed by atoms with E-state index >= 15 is 0 Å². The Balaban J connectivity index is 2.55. The van der Waals surface area contributed by atoms with Crippen LogP contribution in [0.3, 0.4) is 0 Å². The molecule has 96 valence electrons. The third-order valence-corrected chi connectivity index (χ3v) is 4.05. The molecule has 0 saturated carbocycles. The van der Waals surface area contributed by atoms with E-state index in [4.69, 9.17) is 5.73 Å². The standard InChI is InChI=1S/C14H17FN2S/c1-8-7-9(15)5-6-10(8)11-12(16)18-13(17-11)14(2,3)4/h5-7H,16H2,1-4H3. The van der Waals surface area contributed by atoms with Gasteiger partial charge in [0.15, 0.2) is 0 Å². The number of hydrogen-bond acceptors (Lipinski definition) is 3. The fourth-order valence-corrected chi connectivity index (χ4v) is 2.64. The normalized spacial score (nSPS) is 11.8. The van der Waals surface area contributed by atoms with Crippen LogP contribution in [0.2, 0.25) is 0 Å². The van der Waals surface area contributed by atoms with E-state index in [0.29, 0.717) is 5.00 Å². The summed E-state index contributed by atoms with van der Waals surface area (Å²) in [6.45, 7) is 8.18. The van der Waals surface area contributed by atoms with Crippen LogP contribution in [0, 0.1) is 12.7 Å². The summed E-state index contributed by atoms with van der Waals surface area (Å²) in [6.07, 6.45) is 0. The van der Waals surface area contributed by atoms with Crippen LogP contribution in [0.25, 0.3) is 11.3 Å². The molecule has 2 rings (SSSR count). The van der Waals surface area contributed by atoms with E-state index in [1.54, 1.807) is 6.07 Å². The van der Waals surface area contributed by atoms with Crippen molar-refractivity contribution in [1.29, 1.82) is 0 Å². The second kappa shape index (κ2) is 4.35. The minimum absolute atomic E-state index is 0.0228. The van der Waals surface area contributed by atoms with Gasteiger partial charge in [-0.3, -0.25) is 0 Å². The van der Waals surface area contributed by atoms with Gasteiger partial charge in [0.05, 0.1) is 0 Å². The second-order valence-electron chi connectivity index (χ2n) is 5.44. The summed E-state index contributed by atoms with van der Waals surface area (Å²) in [6, 6.07) is 4.69. The number of benzene rings is 1. The number of aromatic nitrogens is 1. The molecule has 1 aromatic heterocycles. The van der Waals surface area contributed by atoms with Gasteiger partial charge in [-0.25, -0.2) is 9.37 Å². The predicted octanol–water partition coefficient (Wildman–Crippen LogP) is 4.14. The predicted molar refractivity (Wildman–Crippen MR) is 75.4 cm³/mol. The zero-order valence-electron chi connectivity index (χ0n) is 11.0. The van der Waals surface area contributed by atoms with Crippen LogP contribution in [-0.4, -0.2) is 4.98 Å². The average molecular weight is 264 g/mol. The van der Waals surface area contributed by atoms with E-state index in [1.165, 1.54) is 23.5 Å². The molecular weight excluding hydrogens is 247 g/mol. The number of thiazole rings is 1. The van der Waals surface area contributed by atoms with Crippen molar-refractivity contribution in [3.8, 4) is 11.3 Å². The average Bonchev–Trinajstić information content (AvgIpc) is 2.60. The molecule has 0 saturated heterocycles. The Kier molecular flexibility index (Phi) is 3.15. The number of hydrogen-bond donors (Lipinski definition) is 1. The highest BCUT2D eigenvalue weighted by atomic mass is 32.1. The number of rotatable bonds is 1. The maximum Gasteiger partial charge on any atom is 0.123 e. The lowest BCUT2D eigenvalue weighted by atomic mass is 9.98. The molecule has 0 unspecified atom stereocenters. The van der Waals surface area contributed by atoms with Crippen molar-refractivity contribution in [3.63, 3.8) is 0 Å². The Morgan fingerprint density at radius 1 is 1.28 bits per heavy atom. The molecule has 0 aliphatic heterocycles. The summed E-state index contributed by atoms with van der Waals surface area (Å²) in [5.41, 5.74) is 8.54. The lowest BCUT2D eigenvalue weighted by Gasteiger charge is -2.13. The highest BCUT2D eigenvalue weighted by Gasteiger charge is 2.21. The van der Waals surface area contributed by atoms with Crippen LogP contribution >= 0.6 is 11.3 Å². The third kappa shape index (κ3) is 2.38. The van der Waals surface area contributed by atoms with Crippen LogP contribution in [0.15, 0.2) is 18.2 Å². The van der Waals surface area contributed by atoms with Crippen molar-refractivity contribution in [2.75, 3.05) is 5.73 Å². The topological polar surface area (TPSA) is 38.9 Å². The molecule has 0 fully saturated rings. The molecule has 18 heavy (non-hydrogen) atoms.